The highest BCUT2D eigenvalue weighted by Gasteiger charge is 2.38. The summed E-state index contributed by atoms with van der Waals surface area (Å²) in [6, 6.07) is 0.701. The van der Waals surface area contributed by atoms with Gasteiger partial charge in [-0.3, -0.25) is 0 Å². The summed E-state index contributed by atoms with van der Waals surface area (Å²) < 4.78 is 56.6. The Bertz CT molecular complexity index is 520. The third-order valence-electron chi connectivity index (χ3n) is 2.87. The van der Waals surface area contributed by atoms with Crippen LogP contribution in [0.4, 0.5) is 17.6 Å². The van der Waals surface area contributed by atoms with Gasteiger partial charge in [-0.2, -0.15) is 13.2 Å². The minimum atomic E-state index is -4.41. The summed E-state index contributed by atoms with van der Waals surface area (Å²) in [6.07, 6.45) is -4.59. The van der Waals surface area contributed by atoms with Crippen LogP contribution in [-0.2, 0) is 11.3 Å². The Labute approximate surface area is 127 Å². The number of hydrogen-bond acceptors (Lipinski definition) is 3. The van der Waals surface area contributed by atoms with Gasteiger partial charge in [0.1, 0.15) is 11.9 Å². The van der Waals surface area contributed by atoms with Crippen LogP contribution in [0.15, 0.2) is 16.6 Å². The van der Waals surface area contributed by atoms with Gasteiger partial charge in [0.15, 0.2) is 0 Å². The average Bonchev–Trinajstić information content (AvgIpc) is 2.36. The Hall–Kier alpha value is -1.15. The van der Waals surface area contributed by atoms with Gasteiger partial charge in [-0.15, -0.1) is 0 Å². The van der Waals surface area contributed by atoms with Gasteiger partial charge in [-0.1, -0.05) is 22.9 Å². The Kier molecular flexibility index (Phi) is 6.15. The number of carbonyl (C=O) groups excluding carboxylic acids is 1. The summed E-state index contributed by atoms with van der Waals surface area (Å²) >= 11 is 3.04. The molecule has 118 valence electrons. The van der Waals surface area contributed by atoms with E-state index in [0.29, 0.717) is 4.47 Å². The van der Waals surface area contributed by atoms with Gasteiger partial charge in [0.05, 0.1) is 12.7 Å². The second kappa shape index (κ2) is 7.22. The van der Waals surface area contributed by atoms with E-state index in [2.05, 4.69) is 26.0 Å². The molecule has 0 amide bonds. The number of halogens is 5. The van der Waals surface area contributed by atoms with Crippen LogP contribution in [0.1, 0.15) is 29.3 Å². The molecule has 0 saturated carbocycles. The molecule has 0 aliphatic carbocycles. The lowest BCUT2D eigenvalue weighted by Crippen LogP contribution is -2.41. The van der Waals surface area contributed by atoms with Gasteiger partial charge in [-0.05, 0) is 24.1 Å². The largest absolute Gasteiger partial charge is 0.465 e. The summed E-state index contributed by atoms with van der Waals surface area (Å²) in [6.45, 7) is 1.08. The quantitative estimate of drug-likeness (QED) is 0.631. The molecule has 1 aromatic rings. The minimum absolute atomic E-state index is 0.0939. The standard InChI is InChI=1S/C13H14BrF4NO2/c1-3-10(13(16,17)18)19-6-7-4-8(14)5-9(15)11(7)12(20)21-2/h4-5,10,19H,3,6H2,1-2H3/t10-/m0/s1. The molecule has 1 N–H and O–H groups in total. The number of benzene rings is 1. The van der Waals surface area contributed by atoms with Crippen LogP contribution in [-0.4, -0.2) is 25.3 Å². The topological polar surface area (TPSA) is 38.3 Å². The number of methoxy groups -OCH3 is 1. The minimum Gasteiger partial charge on any atom is -0.465 e. The van der Waals surface area contributed by atoms with Gasteiger partial charge in [-0.25, -0.2) is 9.18 Å². The van der Waals surface area contributed by atoms with Crippen molar-refractivity contribution in [3.8, 4) is 0 Å². The van der Waals surface area contributed by atoms with E-state index >= 15 is 0 Å². The number of nitrogens with one attached hydrogen (secondary N) is 1. The van der Waals surface area contributed by atoms with Gasteiger partial charge < -0.3 is 10.1 Å². The van der Waals surface area contributed by atoms with E-state index < -0.39 is 24.0 Å². The molecular formula is C13H14BrF4NO2. The van der Waals surface area contributed by atoms with Crippen LogP contribution in [0.2, 0.25) is 0 Å². The van der Waals surface area contributed by atoms with Crippen molar-refractivity contribution in [2.24, 2.45) is 0 Å². The zero-order chi connectivity index (χ0) is 16.2. The first-order valence-electron chi connectivity index (χ1n) is 6.07. The molecule has 0 unspecified atom stereocenters. The lowest BCUT2D eigenvalue weighted by atomic mass is 10.1. The van der Waals surface area contributed by atoms with E-state index in [0.717, 1.165) is 13.2 Å². The normalized spacial score (nSPS) is 13.1. The van der Waals surface area contributed by atoms with Crippen LogP contribution in [0.25, 0.3) is 0 Å². The monoisotopic (exact) mass is 371 g/mol. The molecule has 3 nitrogen and oxygen atoms in total. The van der Waals surface area contributed by atoms with Gasteiger partial charge in [0, 0.05) is 11.0 Å². The fourth-order valence-corrected chi connectivity index (χ4v) is 2.30. The second-order valence-electron chi connectivity index (χ2n) is 4.30. The molecule has 1 aromatic carbocycles. The number of rotatable bonds is 5. The van der Waals surface area contributed by atoms with Crippen LogP contribution in [0, 0.1) is 5.82 Å². The highest BCUT2D eigenvalue weighted by Crippen LogP contribution is 2.25. The van der Waals surface area contributed by atoms with Crippen molar-refractivity contribution < 1.29 is 27.1 Å². The summed E-state index contributed by atoms with van der Waals surface area (Å²) in [5, 5.41) is 2.28. The summed E-state index contributed by atoms with van der Waals surface area (Å²) in [5.41, 5.74) is -0.276. The Morgan fingerprint density at radius 1 is 1.43 bits per heavy atom. The van der Waals surface area contributed by atoms with E-state index in [1.165, 1.54) is 13.0 Å². The number of alkyl halides is 3. The van der Waals surface area contributed by atoms with Crippen molar-refractivity contribution in [2.75, 3.05) is 7.11 Å². The Morgan fingerprint density at radius 2 is 2.05 bits per heavy atom. The first kappa shape index (κ1) is 17.9. The van der Waals surface area contributed by atoms with Crippen LogP contribution < -0.4 is 5.32 Å². The molecule has 8 heteroatoms. The predicted octanol–water partition coefficient (Wildman–Crippen LogP) is 3.81. The number of esters is 1. The number of hydrogen-bond donors (Lipinski definition) is 1. The van der Waals surface area contributed by atoms with Gasteiger partial charge >= 0.3 is 12.1 Å². The molecule has 0 radical (unpaired) electrons. The molecule has 1 rings (SSSR count). The smallest absolute Gasteiger partial charge is 0.403 e. The SMILES string of the molecule is CC[C@H](NCc1cc(Br)cc(F)c1C(=O)OC)C(F)(F)F. The van der Waals surface area contributed by atoms with E-state index in [9.17, 15) is 22.4 Å². The molecule has 0 aliphatic heterocycles. The number of ether oxygens (including phenoxy) is 1. The molecule has 0 fully saturated rings. The first-order chi connectivity index (χ1) is 9.70. The Morgan fingerprint density at radius 3 is 2.52 bits per heavy atom. The highest BCUT2D eigenvalue weighted by atomic mass is 79.9. The second-order valence-corrected chi connectivity index (χ2v) is 5.21. The van der Waals surface area contributed by atoms with Gasteiger partial charge in [0.2, 0.25) is 0 Å². The van der Waals surface area contributed by atoms with Crippen molar-refractivity contribution in [3.05, 3.63) is 33.5 Å². The maximum absolute atomic E-state index is 13.8. The molecule has 0 aromatic heterocycles. The third kappa shape index (κ3) is 4.67. The molecule has 0 spiro atoms. The van der Waals surface area contributed by atoms with Crippen molar-refractivity contribution in [3.63, 3.8) is 0 Å². The molecule has 0 bridgehead atoms. The molecule has 21 heavy (non-hydrogen) atoms. The lowest BCUT2D eigenvalue weighted by Gasteiger charge is -2.21. The van der Waals surface area contributed by atoms with E-state index in [-0.39, 0.29) is 24.1 Å². The zero-order valence-corrected chi connectivity index (χ0v) is 12.9. The van der Waals surface area contributed by atoms with Crippen molar-refractivity contribution in [1.29, 1.82) is 0 Å². The molecule has 0 heterocycles. The van der Waals surface area contributed by atoms with Crippen molar-refractivity contribution in [2.45, 2.75) is 32.1 Å². The first-order valence-corrected chi connectivity index (χ1v) is 6.86. The van der Waals surface area contributed by atoms with E-state index in [1.54, 1.807) is 0 Å². The molecular weight excluding hydrogens is 358 g/mol. The fraction of sp³-hybridized carbons (Fsp3) is 0.462. The summed E-state index contributed by atoms with van der Waals surface area (Å²) in [7, 11) is 1.07. The maximum Gasteiger partial charge on any atom is 0.403 e. The highest BCUT2D eigenvalue weighted by molar-refractivity contribution is 9.10. The van der Waals surface area contributed by atoms with Crippen LogP contribution in [0.5, 0.6) is 0 Å². The summed E-state index contributed by atoms with van der Waals surface area (Å²) in [5.74, 6) is -1.79. The maximum atomic E-state index is 13.8. The number of carbonyl (C=O) groups is 1. The third-order valence-corrected chi connectivity index (χ3v) is 3.33. The average molecular weight is 372 g/mol. The predicted molar refractivity (Wildman–Crippen MR) is 72.4 cm³/mol. The van der Waals surface area contributed by atoms with E-state index in [4.69, 9.17) is 0 Å². The fourth-order valence-electron chi connectivity index (χ4n) is 1.82. The van der Waals surface area contributed by atoms with E-state index in [1.807, 2.05) is 0 Å². The lowest BCUT2D eigenvalue weighted by molar-refractivity contribution is -0.156. The van der Waals surface area contributed by atoms with Crippen LogP contribution in [0.3, 0.4) is 0 Å². The zero-order valence-electron chi connectivity index (χ0n) is 11.4. The van der Waals surface area contributed by atoms with Crippen LogP contribution >= 0.6 is 15.9 Å². The Balaban J connectivity index is 3.05. The van der Waals surface area contributed by atoms with Gasteiger partial charge in [0.25, 0.3) is 0 Å². The molecule has 1 atom stereocenters. The van der Waals surface area contributed by atoms with Crippen molar-refractivity contribution >= 4 is 21.9 Å². The summed E-state index contributed by atoms with van der Waals surface area (Å²) in [4.78, 5) is 11.5. The molecule has 0 aliphatic rings. The molecule has 0 saturated heterocycles. The van der Waals surface area contributed by atoms with Crippen molar-refractivity contribution in [1.82, 2.24) is 5.32 Å².